The molecule has 1 aliphatic heterocycles. The number of benzene rings is 2. The lowest BCUT2D eigenvalue weighted by atomic mass is 9.93. The van der Waals surface area contributed by atoms with E-state index in [9.17, 15) is 4.79 Å². The number of carbonyl (C=O) groups excluding carboxylic acids is 1. The Labute approximate surface area is 161 Å². The number of anilines is 2. The van der Waals surface area contributed by atoms with E-state index in [1.165, 1.54) is 0 Å². The van der Waals surface area contributed by atoms with Crippen molar-refractivity contribution in [1.82, 2.24) is 0 Å². The largest absolute Gasteiger partial charge is 0.371 e. The quantitative estimate of drug-likeness (QED) is 0.882. The minimum atomic E-state index is -0.296. The molecule has 25 heavy (non-hydrogen) atoms. The summed E-state index contributed by atoms with van der Waals surface area (Å²) < 4.78 is 0. The van der Waals surface area contributed by atoms with Gasteiger partial charge in [0, 0.05) is 26.2 Å². The molecule has 2 aromatic rings. The highest BCUT2D eigenvalue weighted by Crippen LogP contribution is 2.33. The zero-order valence-corrected chi connectivity index (χ0v) is 16.1. The maximum atomic E-state index is 13.0. The molecule has 0 spiro atoms. The SMILES string of the molecule is CC(C(=O)N1CCN(C)c2ccccc21)C(N)c1ccccc1.Cl.Cl. The van der Waals surface area contributed by atoms with Crippen molar-refractivity contribution in [3.63, 3.8) is 0 Å². The van der Waals surface area contributed by atoms with E-state index in [4.69, 9.17) is 5.73 Å². The molecule has 2 unspecified atom stereocenters. The molecule has 0 saturated carbocycles. The molecule has 0 aliphatic carbocycles. The van der Waals surface area contributed by atoms with Gasteiger partial charge in [-0.3, -0.25) is 4.79 Å². The fourth-order valence-corrected chi connectivity index (χ4v) is 3.10. The predicted octanol–water partition coefficient (Wildman–Crippen LogP) is 3.65. The third kappa shape index (κ3) is 4.27. The number of amides is 1. The Balaban J connectivity index is 0.00000156. The van der Waals surface area contributed by atoms with Gasteiger partial charge >= 0.3 is 0 Å². The minimum Gasteiger partial charge on any atom is -0.371 e. The second-order valence-corrected chi connectivity index (χ2v) is 6.13. The van der Waals surface area contributed by atoms with Crippen molar-refractivity contribution in [2.24, 2.45) is 11.7 Å². The lowest BCUT2D eigenvalue weighted by molar-refractivity contribution is -0.122. The normalized spacial score (nSPS) is 15.3. The molecule has 1 amide bonds. The van der Waals surface area contributed by atoms with E-state index in [0.29, 0.717) is 6.54 Å². The molecule has 0 radical (unpaired) electrons. The van der Waals surface area contributed by atoms with Crippen LogP contribution in [0.3, 0.4) is 0 Å². The average molecular weight is 382 g/mol. The highest BCUT2D eigenvalue weighted by atomic mass is 35.5. The van der Waals surface area contributed by atoms with E-state index in [-0.39, 0.29) is 42.7 Å². The van der Waals surface area contributed by atoms with Gasteiger partial charge in [-0.2, -0.15) is 0 Å². The van der Waals surface area contributed by atoms with Gasteiger partial charge in [0.05, 0.1) is 17.3 Å². The molecule has 2 N–H and O–H groups in total. The molecule has 2 aromatic carbocycles. The van der Waals surface area contributed by atoms with Gasteiger partial charge in [0.25, 0.3) is 0 Å². The molecule has 1 heterocycles. The molecule has 0 fully saturated rings. The van der Waals surface area contributed by atoms with Crippen molar-refractivity contribution >= 4 is 42.1 Å². The summed E-state index contributed by atoms with van der Waals surface area (Å²) in [7, 11) is 2.06. The third-order valence-corrected chi connectivity index (χ3v) is 4.62. The first-order valence-electron chi connectivity index (χ1n) is 8.01. The molecule has 0 aromatic heterocycles. The molecule has 0 bridgehead atoms. The number of para-hydroxylation sites is 2. The van der Waals surface area contributed by atoms with Crippen LogP contribution in [0.5, 0.6) is 0 Å². The van der Waals surface area contributed by atoms with Crippen LogP contribution in [-0.4, -0.2) is 26.0 Å². The number of hydrogen-bond donors (Lipinski definition) is 1. The van der Waals surface area contributed by atoms with Gasteiger partial charge in [0.2, 0.25) is 5.91 Å². The Morgan fingerprint density at radius 3 is 2.16 bits per heavy atom. The van der Waals surface area contributed by atoms with Gasteiger partial charge < -0.3 is 15.5 Å². The molecule has 136 valence electrons. The van der Waals surface area contributed by atoms with E-state index < -0.39 is 0 Å². The molecule has 3 rings (SSSR count). The van der Waals surface area contributed by atoms with E-state index >= 15 is 0 Å². The number of nitrogens with two attached hydrogens (primary N) is 1. The predicted molar refractivity (Wildman–Crippen MR) is 109 cm³/mol. The second-order valence-electron chi connectivity index (χ2n) is 6.13. The van der Waals surface area contributed by atoms with Gasteiger partial charge in [-0.25, -0.2) is 0 Å². The van der Waals surface area contributed by atoms with Gasteiger partial charge in [0.15, 0.2) is 0 Å². The fourth-order valence-electron chi connectivity index (χ4n) is 3.10. The van der Waals surface area contributed by atoms with Crippen LogP contribution in [0, 0.1) is 5.92 Å². The number of likely N-dealkylation sites (N-methyl/N-ethyl adjacent to an activating group) is 1. The summed E-state index contributed by atoms with van der Waals surface area (Å²) in [5.74, 6) is -0.184. The zero-order valence-electron chi connectivity index (χ0n) is 14.5. The Morgan fingerprint density at radius 1 is 0.960 bits per heavy atom. The number of fused-ring (bicyclic) bond motifs is 1. The first-order valence-corrected chi connectivity index (χ1v) is 8.01. The molecule has 1 aliphatic rings. The van der Waals surface area contributed by atoms with Crippen LogP contribution in [0.2, 0.25) is 0 Å². The lowest BCUT2D eigenvalue weighted by Crippen LogP contribution is -2.46. The Hall–Kier alpha value is -1.75. The van der Waals surface area contributed by atoms with Crippen molar-refractivity contribution in [3.05, 3.63) is 60.2 Å². The summed E-state index contributed by atoms with van der Waals surface area (Å²) in [6.45, 7) is 3.44. The highest BCUT2D eigenvalue weighted by Gasteiger charge is 2.31. The Bertz CT molecular complexity index is 696. The Morgan fingerprint density at radius 2 is 1.52 bits per heavy atom. The number of nitrogens with zero attached hydrogens (tertiary/aromatic N) is 2. The third-order valence-electron chi connectivity index (χ3n) is 4.62. The maximum Gasteiger partial charge on any atom is 0.231 e. The second kappa shape index (κ2) is 9.09. The first-order chi connectivity index (χ1) is 11.1. The summed E-state index contributed by atoms with van der Waals surface area (Å²) in [5, 5.41) is 0. The van der Waals surface area contributed by atoms with Crippen LogP contribution in [0.15, 0.2) is 54.6 Å². The lowest BCUT2D eigenvalue weighted by Gasteiger charge is -2.37. The van der Waals surface area contributed by atoms with E-state index in [2.05, 4.69) is 18.0 Å². The topological polar surface area (TPSA) is 49.6 Å². The standard InChI is InChI=1S/C19H23N3O.2ClH/c1-14(18(20)15-8-4-3-5-9-15)19(23)22-13-12-21(2)16-10-6-7-11-17(16)22;;/h3-11,14,18H,12-13,20H2,1-2H3;2*1H. The summed E-state index contributed by atoms with van der Waals surface area (Å²) in [6.07, 6.45) is 0. The maximum absolute atomic E-state index is 13.0. The summed E-state index contributed by atoms with van der Waals surface area (Å²) in [4.78, 5) is 17.1. The van der Waals surface area contributed by atoms with E-state index in [1.54, 1.807) is 0 Å². The van der Waals surface area contributed by atoms with Crippen LogP contribution in [-0.2, 0) is 4.79 Å². The van der Waals surface area contributed by atoms with Crippen LogP contribution < -0.4 is 15.5 Å². The molecular formula is C19H25Cl2N3O. The number of rotatable bonds is 3. The molecule has 6 heteroatoms. The van der Waals surface area contributed by atoms with Crippen molar-refractivity contribution in [2.75, 3.05) is 29.9 Å². The van der Waals surface area contributed by atoms with Gasteiger partial charge in [0.1, 0.15) is 0 Å². The summed E-state index contributed by atoms with van der Waals surface area (Å²) in [6, 6.07) is 17.6. The van der Waals surface area contributed by atoms with Crippen molar-refractivity contribution in [2.45, 2.75) is 13.0 Å². The summed E-state index contributed by atoms with van der Waals surface area (Å²) >= 11 is 0. The Kier molecular flexibility index (Phi) is 7.74. The van der Waals surface area contributed by atoms with Crippen LogP contribution in [0.4, 0.5) is 11.4 Å². The molecule has 0 saturated heterocycles. The highest BCUT2D eigenvalue weighted by molar-refractivity contribution is 5.99. The zero-order chi connectivity index (χ0) is 16.4. The van der Waals surface area contributed by atoms with E-state index in [0.717, 1.165) is 23.5 Å². The molecule has 2 atom stereocenters. The molecular weight excluding hydrogens is 357 g/mol. The molecule has 4 nitrogen and oxygen atoms in total. The van der Waals surface area contributed by atoms with Gasteiger partial charge in [-0.05, 0) is 17.7 Å². The number of carbonyl (C=O) groups is 1. The minimum absolute atomic E-state index is 0. The average Bonchev–Trinajstić information content (AvgIpc) is 2.61. The van der Waals surface area contributed by atoms with Gasteiger partial charge in [-0.15, -0.1) is 24.8 Å². The fraction of sp³-hybridized carbons (Fsp3) is 0.316. The van der Waals surface area contributed by atoms with Crippen molar-refractivity contribution in [1.29, 1.82) is 0 Å². The summed E-state index contributed by atoms with van der Waals surface area (Å²) in [5.41, 5.74) is 9.39. The number of hydrogen-bond acceptors (Lipinski definition) is 3. The van der Waals surface area contributed by atoms with Crippen LogP contribution in [0.1, 0.15) is 18.5 Å². The monoisotopic (exact) mass is 381 g/mol. The first kappa shape index (κ1) is 21.3. The van der Waals surface area contributed by atoms with Crippen molar-refractivity contribution < 1.29 is 4.79 Å². The van der Waals surface area contributed by atoms with Crippen LogP contribution >= 0.6 is 24.8 Å². The van der Waals surface area contributed by atoms with E-state index in [1.807, 2.05) is 60.4 Å². The van der Waals surface area contributed by atoms with Crippen LogP contribution in [0.25, 0.3) is 0 Å². The van der Waals surface area contributed by atoms with Gasteiger partial charge in [-0.1, -0.05) is 49.4 Å². The smallest absolute Gasteiger partial charge is 0.231 e. The van der Waals surface area contributed by atoms with Crippen molar-refractivity contribution in [3.8, 4) is 0 Å². The number of halogens is 2.